The Morgan fingerprint density at radius 1 is 1.17 bits per heavy atom. The van der Waals surface area contributed by atoms with E-state index in [0.717, 1.165) is 22.4 Å². The third-order valence-electron chi connectivity index (χ3n) is 5.16. The van der Waals surface area contributed by atoms with Gasteiger partial charge in [0.05, 0.1) is 13.2 Å². The van der Waals surface area contributed by atoms with Crippen molar-refractivity contribution in [3.63, 3.8) is 0 Å². The van der Waals surface area contributed by atoms with Crippen LogP contribution < -0.4 is 10.1 Å². The Labute approximate surface area is 180 Å². The lowest BCUT2D eigenvalue weighted by Crippen LogP contribution is -2.34. The Morgan fingerprint density at radius 2 is 1.90 bits per heavy atom. The Kier molecular flexibility index (Phi) is 5.81. The number of thiocarbonyl (C=S) groups is 1. The van der Waals surface area contributed by atoms with Gasteiger partial charge >= 0.3 is 6.09 Å². The molecule has 2 aliphatic rings. The second-order valence-corrected chi connectivity index (χ2v) is 7.52. The van der Waals surface area contributed by atoms with Crippen LogP contribution in [-0.2, 0) is 16.1 Å². The Balaban J connectivity index is 1.51. The van der Waals surface area contributed by atoms with Crippen molar-refractivity contribution in [1.29, 1.82) is 0 Å². The maximum atomic E-state index is 12.7. The quantitative estimate of drug-likeness (QED) is 0.740. The summed E-state index contributed by atoms with van der Waals surface area (Å²) < 4.78 is 10.9. The number of carbonyl (C=O) groups is 2. The zero-order valence-electron chi connectivity index (χ0n) is 16.6. The highest BCUT2D eigenvalue weighted by molar-refractivity contribution is 7.80. The van der Waals surface area contributed by atoms with Crippen molar-refractivity contribution in [3.8, 4) is 5.75 Å². The van der Waals surface area contributed by atoms with Crippen molar-refractivity contribution in [2.24, 2.45) is 0 Å². The number of benzene rings is 2. The molecule has 1 unspecified atom stereocenters. The van der Waals surface area contributed by atoms with Gasteiger partial charge < -0.3 is 14.8 Å². The van der Waals surface area contributed by atoms with Crippen LogP contribution in [0.2, 0.25) is 0 Å². The second-order valence-electron chi connectivity index (χ2n) is 7.13. The van der Waals surface area contributed by atoms with E-state index in [1.54, 1.807) is 0 Å². The van der Waals surface area contributed by atoms with E-state index < -0.39 is 6.09 Å². The predicted octanol–water partition coefficient (Wildman–Crippen LogP) is 3.92. The van der Waals surface area contributed by atoms with Gasteiger partial charge in [-0.2, -0.15) is 0 Å². The van der Waals surface area contributed by atoms with Crippen LogP contribution in [0.5, 0.6) is 5.75 Å². The maximum Gasteiger partial charge on any atom is 0.415 e. The highest BCUT2D eigenvalue weighted by Gasteiger charge is 2.40. The number of nitrogens with one attached hydrogen (secondary N) is 1. The molecule has 0 radical (unpaired) electrons. The molecule has 0 spiro atoms. The Bertz CT molecular complexity index is 1000. The molecule has 4 rings (SSSR count). The molecular formula is C23H22N2O4S. The number of amides is 2. The fourth-order valence-electron chi connectivity index (χ4n) is 3.75. The van der Waals surface area contributed by atoms with Gasteiger partial charge in [-0.25, -0.2) is 4.79 Å². The summed E-state index contributed by atoms with van der Waals surface area (Å²) in [7, 11) is 0. The van der Waals surface area contributed by atoms with Crippen LogP contribution in [0.15, 0.2) is 65.9 Å². The molecule has 2 amide bonds. The molecule has 2 aromatic rings. The molecule has 30 heavy (non-hydrogen) atoms. The molecule has 1 atom stereocenters. The molecule has 6 nitrogen and oxygen atoms in total. The summed E-state index contributed by atoms with van der Waals surface area (Å²) in [5.74, 6) is 0.481. The SMILES string of the molecule is CCOc1ccc(C2CC(=O)NC3=C2C(=S)N(C(=O)OCc2ccccc2)C3)cc1. The van der Waals surface area contributed by atoms with Crippen molar-refractivity contribution in [2.45, 2.75) is 25.9 Å². The first kappa shape index (κ1) is 20.1. The molecule has 0 fully saturated rings. The molecule has 7 heteroatoms. The van der Waals surface area contributed by atoms with Gasteiger partial charge in [-0.1, -0.05) is 54.7 Å². The minimum atomic E-state index is -0.516. The van der Waals surface area contributed by atoms with E-state index in [4.69, 9.17) is 21.7 Å². The number of hydrogen-bond donors (Lipinski definition) is 1. The summed E-state index contributed by atoms with van der Waals surface area (Å²) >= 11 is 5.62. The zero-order valence-corrected chi connectivity index (χ0v) is 17.4. The number of hydrogen-bond acceptors (Lipinski definition) is 5. The lowest BCUT2D eigenvalue weighted by atomic mass is 9.85. The number of carbonyl (C=O) groups excluding carboxylic acids is 2. The normalized spacial score (nSPS) is 18.2. The molecule has 2 heterocycles. The minimum Gasteiger partial charge on any atom is -0.494 e. The largest absolute Gasteiger partial charge is 0.494 e. The van der Waals surface area contributed by atoms with Crippen LogP contribution in [0.1, 0.15) is 30.4 Å². The van der Waals surface area contributed by atoms with Gasteiger partial charge in [-0.15, -0.1) is 0 Å². The summed E-state index contributed by atoms with van der Waals surface area (Å²) in [6.07, 6.45) is -0.238. The minimum absolute atomic E-state index is 0.0880. The summed E-state index contributed by atoms with van der Waals surface area (Å²) in [4.78, 5) is 26.8. The predicted molar refractivity (Wildman–Crippen MR) is 116 cm³/mol. The Morgan fingerprint density at radius 3 is 2.60 bits per heavy atom. The van der Waals surface area contributed by atoms with E-state index in [2.05, 4.69) is 5.32 Å². The van der Waals surface area contributed by atoms with E-state index in [9.17, 15) is 9.59 Å². The molecule has 2 aliphatic heterocycles. The third kappa shape index (κ3) is 4.07. The molecule has 1 N–H and O–H groups in total. The van der Waals surface area contributed by atoms with Crippen LogP contribution in [0, 0.1) is 0 Å². The first-order chi connectivity index (χ1) is 14.6. The maximum absolute atomic E-state index is 12.7. The number of rotatable bonds is 5. The average Bonchev–Trinajstić information content (AvgIpc) is 3.09. The summed E-state index contributed by atoms with van der Waals surface area (Å²) in [6, 6.07) is 17.1. The van der Waals surface area contributed by atoms with E-state index in [0.29, 0.717) is 17.3 Å². The van der Waals surface area contributed by atoms with Crippen LogP contribution in [0.4, 0.5) is 4.79 Å². The fraction of sp³-hybridized carbons (Fsp3) is 0.261. The van der Waals surface area contributed by atoms with Gasteiger partial charge in [0.1, 0.15) is 17.3 Å². The van der Waals surface area contributed by atoms with Gasteiger partial charge in [-0.05, 0) is 30.2 Å². The molecular weight excluding hydrogens is 400 g/mol. The van der Waals surface area contributed by atoms with Gasteiger partial charge in [0.15, 0.2) is 0 Å². The fourth-order valence-corrected chi connectivity index (χ4v) is 4.16. The van der Waals surface area contributed by atoms with Crippen molar-refractivity contribution >= 4 is 29.2 Å². The highest BCUT2D eigenvalue weighted by atomic mass is 32.1. The van der Waals surface area contributed by atoms with Gasteiger partial charge in [0.2, 0.25) is 5.91 Å². The molecule has 154 valence electrons. The van der Waals surface area contributed by atoms with Crippen molar-refractivity contribution in [1.82, 2.24) is 10.2 Å². The molecule has 0 aliphatic carbocycles. The Hall–Kier alpha value is -3.19. The van der Waals surface area contributed by atoms with E-state index in [1.165, 1.54) is 4.90 Å². The van der Waals surface area contributed by atoms with E-state index in [1.807, 2.05) is 61.5 Å². The monoisotopic (exact) mass is 422 g/mol. The van der Waals surface area contributed by atoms with Crippen molar-refractivity contribution in [2.75, 3.05) is 13.2 Å². The number of ether oxygens (including phenoxy) is 2. The summed E-state index contributed by atoms with van der Waals surface area (Å²) in [5, 5.41) is 2.88. The van der Waals surface area contributed by atoms with Gasteiger partial charge in [-0.3, -0.25) is 9.69 Å². The van der Waals surface area contributed by atoms with Crippen LogP contribution in [-0.4, -0.2) is 35.0 Å². The van der Waals surface area contributed by atoms with Gasteiger partial charge in [0, 0.05) is 23.6 Å². The first-order valence-electron chi connectivity index (χ1n) is 9.85. The van der Waals surface area contributed by atoms with Crippen LogP contribution in [0.25, 0.3) is 0 Å². The topological polar surface area (TPSA) is 67.9 Å². The molecule has 0 saturated carbocycles. The first-order valence-corrected chi connectivity index (χ1v) is 10.3. The zero-order chi connectivity index (χ0) is 21.1. The summed E-state index contributed by atoms with van der Waals surface area (Å²) in [5.41, 5.74) is 3.34. The smallest absolute Gasteiger partial charge is 0.415 e. The lowest BCUT2D eigenvalue weighted by molar-refractivity contribution is -0.121. The van der Waals surface area contributed by atoms with Crippen molar-refractivity contribution < 1.29 is 19.1 Å². The molecule has 2 aromatic carbocycles. The third-order valence-corrected chi connectivity index (χ3v) is 5.60. The molecule has 0 saturated heterocycles. The molecule has 0 aromatic heterocycles. The standard InChI is InChI=1S/C23H22N2O4S/c1-2-28-17-10-8-16(9-11-17)18-12-20(26)24-19-13-25(22(30)21(18)19)23(27)29-14-15-6-4-3-5-7-15/h3-11,18H,2,12-14H2,1H3,(H,24,26). The van der Waals surface area contributed by atoms with E-state index >= 15 is 0 Å². The second kappa shape index (κ2) is 8.67. The van der Waals surface area contributed by atoms with E-state index in [-0.39, 0.29) is 31.4 Å². The van der Waals surface area contributed by atoms with Crippen LogP contribution in [0.3, 0.4) is 0 Å². The van der Waals surface area contributed by atoms with Crippen molar-refractivity contribution in [3.05, 3.63) is 77.0 Å². The highest BCUT2D eigenvalue weighted by Crippen LogP contribution is 2.38. The van der Waals surface area contributed by atoms with Gasteiger partial charge in [0.25, 0.3) is 0 Å². The molecule has 0 bridgehead atoms. The summed E-state index contributed by atoms with van der Waals surface area (Å²) in [6.45, 7) is 2.89. The lowest BCUT2D eigenvalue weighted by Gasteiger charge is -2.25. The van der Waals surface area contributed by atoms with Crippen LogP contribution >= 0.6 is 12.2 Å². The number of nitrogens with zero attached hydrogens (tertiary/aromatic N) is 1. The average molecular weight is 423 g/mol.